The van der Waals surface area contributed by atoms with Gasteiger partial charge in [0.15, 0.2) is 17.7 Å². The van der Waals surface area contributed by atoms with Crippen LogP contribution in [0.5, 0.6) is 17.2 Å². The van der Waals surface area contributed by atoms with Crippen molar-refractivity contribution in [1.29, 1.82) is 5.26 Å². The van der Waals surface area contributed by atoms with E-state index in [4.69, 9.17) is 14.2 Å². The van der Waals surface area contributed by atoms with Crippen LogP contribution < -0.4 is 14.2 Å². The lowest BCUT2D eigenvalue weighted by atomic mass is 9.92. The molecule has 4 rings (SSSR count). The molecule has 0 spiro atoms. The van der Waals surface area contributed by atoms with Gasteiger partial charge >= 0.3 is 0 Å². The van der Waals surface area contributed by atoms with E-state index in [0.717, 1.165) is 53.1 Å². The Labute approximate surface area is 165 Å². The molecule has 1 aliphatic heterocycles. The summed E-state index contributed by atoms with van der Waals surface area (Å²) in [4.78, 5) is 1.91. The zero-order valence-electron chi connectivity index (χ0n) is 16.5. The van der Waals surface area contributed by atoms with Gasteiger partial charge in [0.05, 0.1) is 21.3 Å². The summed E-state index contributed by atoms with van der Waals surface area (Å²) in [5.74, 6) is 2.24. The summed E-state index contributed by atoms with van der Waals surface area (Å²) in [7, 11) is 4.99. The van der Waals surface area contributed by atoms with Crippen LogP contribution in [-0.2, 0) is 6.42 Å². The smallest absolute Gasteiger partial charge is 0.179 e. The zero-order chi connectivity index (χ0) is 19.7. The van der Waals surface area contributed by atoms with Gasteiger partial charge in [-0.1, -0.05) is 12.1 Å². The Morgan fingerprint density at radius 3 is 2.39 bits per heavy atom. The molecule has 1 atom stereocenters. The van der Waals surface area contributed by atoms with E-state index in [9.17, 15) is 5.26 Å². The SMILES string of the molecule is COc1ccc2cc(C[C@@H]3CCCN3C#N)c3cc(OC)c(OC)cc3c2c1. The van der Waals surface area contributed by atoms with Gasteiger partial charge in [-0.2, -0.15) is 5.26 Å². The molecule has 1 fully saturated rings. The van der Waals surface area contributed by atoms with E-state index in [1.807, 2.05) is 23.1 Å². The second-order valence-electron chi connectivity index (χ2n) is 7.17. The highest BCUT2D eigenvalue weighted by atomic mass is 16.5. The largest absolute Gasteiger partial charge is 0.497 e. The topological polar surface area (TPSA) is 54.7 Å². The van der Waals surface area contributed by atoms with E-state index in [2.05, 4.69) is 24.4 Å². The number of rotatable bonds is 5. The Balaban J connectivity index is 1.95. The highest BCUT2D eigenvalue weighted by Gasteiger charge is 2.25. The van der Waals surface area contributed by atoms with Gasteiger partial charge in [-0.25, -0.2) is 0 Å². The fourth-order valence-corrected chi connectivity index (χ4v) is 4.26. The van der Waals surface area contributed by atoms with Crippen molar-refractivity contribution in [1.82, 2.24) is 4.90 Å². The molecule has 144 valence electrons. The molecule has 0 N–H and O–H groups in total. The molecule has 3 aromatic rings. The third-order valence-corrected chi connectivity index (χ3v) is 5.71. The minimum Gasteiger partial charge on any atom is -0.497 e. The van der Waals surface area contributed by atoms with Gasteiger partial charge in [0, 0.05) is 12.6 Å². The minimum absolute atomic E-state index is 0.247. The summed E-state index contributed by atoms with van der Waals surface area (Å²) in [6, 6.07) is 12.7. The van der Waals surface area contributed by atoms with Crippen LogP contribution in [0.4, 0.5) is 0 Å². The van der Waals surface area contributed by atoms with Crippen molar-refractivity contribution in [2.24, 2.45) is 0 Å². The third kappa shape index (κ3) is 3.05. The average Bonchev–Trinajstić information content (AvgIpc) is 3.19. The Morgan fingerprint density at radius 1 is 0.964 bits per heavy atom. The normalized spacial score (nSPS) is 16.4. The Hall–Kier alpha value is -3.13. The summed E-state index contributed by atoms with van der Waals surface area (Å²) in [6.07, 6.45) is 5.29. The lowest BCUT2D eigenvalue weighted by Gasteiger charge is -2.21. The molecule has 0 aromatic heterocycles. The van der Waals surface area contributed by atoms with Gasteiger partial charge in [0.2, 0.25) is 0 Å². The summed E-state index contributed by atoms with van der Waals surface area (Å²) in [5.41, 5.74) is 1.22. The first-order valence-electron chi connectivity index (χ1n) is 9.50. The molecule has 1 heterocycles. The van der Waals surface area contributed by atoms with E-state index in [-0.39, 0.29) is 6.04 Å². The number of fused-ring (bicyclic) bond motifs is 3. The number of methoxy groups -OCH3 is 3. The molecular formula is C23H24N2O3. The Bertz CT molecular complexity index is 1070. The Kier molecular flexibility index (Phi) is 4.87. The monoisotopic (exact) mass is 376 g/mol. The van der Waals surface area contributed by atoms with Crippen LogP contribution in [0, 0.1) is 11.5 Å². The van der Waals surface area contributed by atoms with E-state index in [0.29, 0.717) is 11.5 Å². The molecule has 5 nitrogen and oxygen atoms in total. The summed E-state index contributed by atoms with van der Waals surface area (Å²) < 4.78 is 16.5. The van der Waals surface area contributed by atoms with Gasteiger partial charge in [-0.15, -0.1) is 0 Å². The molecule has 0 radical (unpaired) electrons. The molecule has 1 saturated heterocycles. The first-order valence-corrected chi connectivity index (χ1v) is 9.50. The molecule has 0 aliphatic carbocycles. The predicted octanol–water partition coefficient (Wildman–Crippen LogP) is 4.51. The number of hydrogen-bond donors (Lipinski definition) is 0. The number of nitrogens with zero attached hydrogens (tertiary/aromatic N) is 2. The number of nitriles is 1. The molecule has 28 heavy (non-hydrogen) atoms. The summed E-state index contributed by atoms with van der Waals surface area (Å²) in [6.45, 7) is 0.848. The van der Waals surface area contributed by atoms with Gasteiger partial charge in [-0.3, -0.25) is 0 Å². The van der Waals surface area contributed by atoms with Crippen molar-refractivity contribution in [3.05, 3.63) is 42.0 Å². The van der Waals surface area contributed by atoms with Gasteiger partial charge in [0.1, 0.15) is 5.75 Å². The molecule has 0 unspecified atom stereocenters. The lowest BCUT2D eigenvalue weighted by Crippen LogP contribution is -2.26. The molecular weight excluding hydrogens is 352 g/mol. The lowest BCUT2D eigenvalue weighted by molar-refractivity contribution is 0.355. The van der Waals surface area contributed by atoms with Crippen LogP contribution in [0.15, 0.2) is 36.4 Å². The van der Waals surface area contributed by atoms with E-state index >= 15 is 0 Å². The maximum absolute atomic E-state index is 9.43. The molecule has 1 aliphatic rings. The van der Waals surface area contributed by atoms with Crippen LogP contribution in [-0.4, -0.2) is 38.8 Å². The molecule has 0 amide bonds. The molecule has 3 aromatic carbocycles. The van der Waals surface area contributed by atoms with Crippen LogP contribution in [0.25, 0.3) is 21.5 Å². The van der Waals surface area contributed by atoms with Crippen LogP contribution in [0.2, 0.25) is 0 Å². The first kappa shape index (κ1) is 18.2. The second kappa shape index (κ2) is 7.47. The number of likely N-dealkylation sites (tertiary alicyclic amines) is 1. The molecule has 0 bridgehead atoms. The van der Waals surface area contributed by atoms with Crippen molar-refractivity contribution in [3.8, 4) is 23.4 Å². The van der Waals surface area contributed by atoms with E-state index in [1.54, 1.807) is 21.3 Å². The second-order valence-corrected chi connectivity index (χ2v) is 7.17. The number of hydrogen-bond acceptors (Lipinski definition) is 5. The minimum atomic E-state index is 0.247. The standard InChI is InChI=1S/C23H24N2O3/c1-26-18-7-6-15-9-16(10-17-5-4-8-25(17)14-24)20-12-22(27-2)23(28-3)13-21(20)19(15)11-18/h6-7,9,11-13,17H,4-5,8,10H2,1-3H3/t17-/m0/s1. The van der Waals surface area contributed by atoms with Gasteiger partial charge < -0.3 is 19.1 Å². The van der Waals surface area contributed by atoms with Gasteiger partial charge in [0.25, 0.3) is 0 Å². The van der Waals surface area contributed by atoms with Crippen LogP contribution in [0.3, 0.4) is 0 Å². The van der Waals surface area contributed by atoms with E-state index < -0.39 is 0 Å². The van der Waals surface area contributed by atoms with Crippen molar-refractivity contribution in [3.63, 3.8) is 0 Å². The quantitative estimate of drug-likeness (QED) is 0.484. The summed E-state index contributed by atoms with van der Waals surface area (Å²) in [5, 5.41) is 13.9. The maximum atomic E-state index is 9.43. The predicted molar refractivity (Wildman–Crippen MR) is 110 cm³/mol. The molecule has 0 saturated carbocycles. The highest BCUT2D eigenvalue weighted by molar-refractivity contribution is 6.10. The fraction of sp³-hybridized carbons (Fsp3) is 0.348. The molecule has 5 heteroatoms. The highest BCUT2D eigenvalue weighted by Crippen LogP contribution is 2.39. The summed E-state index contributed by atoms with van der Waals surface area (Å²) >= 11 is 0. The number of benzene rings is 3. The van der Waals surface area contributed by atoms with Crippen molar-refractivity contribution in [2.45, 2.75) is 25.3 Å². The van der Waals surface area contributed by atoms with Crippen molar-refractivity contribution >= 4 is 21.5 Å². The van der Waals surface area contributed by atoms with Crippen molar-refractivity contribution < 1.29 is 14.2 Å². The number of ether oxygens (including phenoxy) is 3. The Morgan fingerprint density at radius 2 is 1.71 bits per heavy atom. The van der Waals surface area contributed by atoms with Gasteiger partial charge in [-0.05, 0) is 70.6 Å². The zero-order valence-corrected chi connectivity index (χ0v) is 16.5. The van der Waals surface area contributed by atoms with Crippen LogP contribution >= 0.6 is 0 Å². The fourth-order valence-electron chi connectivity index (χ4n) is 4.26. The third-order valence-electron chi connectivity index (χ3n) is 5.71. The van der Waals surface area contributed by atoms with E-state index in [1.165, 1.54) is 5.56 Å². The first-order chi connectivity index (χ1) is 13.7. The maximum Gasteiger partial charge on any atom is 0.179 e. The average molecular weight is 376 g/mol. The van der Waals surface area contributed by atoms with Crippen molar-refractivity contribution in [2.75, 3.05) is 27.9 Å². The van der Waals surface area contributed by atoms with Crippen LogP contribution in [0.1, 0.15) is 18.4 Å².